The molecule has 2 rings (SSSR count). The largest absolute Gasteiger partial charge is 0.416 e. The molecule has 0 unspecified atom stereocenters. The van der Waals surface area contributed by atoms with Crippen molar-refractivity contribution < 1.29 is 27.6 Å². The number of urea groups is 1. The Kier molecular flexibility index (Phi) is 5.10. The van der Waals surface area contributed by atoms with E-state index in [1.807, 2.05) is 0 Å². The number of carbonyl (C=O) groups is 3. The number of nitrogens with zero attached hydrogens (tertiary/aromatic N) is 2. The van der Waals surface area contributed by atoms with Crippen molar-refractivity contribution in [3.8, 4) is 0 Å². The van der Waals surface area contributed by atoms with Gasteiger partial charge in [-0.25, -0.2) is 4.79 Å². The summed E-state index contributed by atoms with van der Waals surface area (Å²) in [6.07, 6.45) is -4.35. The highest BCUT2D eigenvalue weighted by Gasteiger charge is 2.31. The van der Waals surface area contributed by atoms with Crippen molar-refractivity contribution in [1.82, 2.24) is 15.1 Å². The Balaban J connectivity index is 2.01. The molecule has 6 nitrogen and oxygen atoms in total. The number of amides is 4. The molecule has 1 fully saturated rings. The maximum atomic E-state index is 12.7. The molecule has 24 heavy (non-hydrogen) atoms. The minimum absolute atomic E-state index is 0.0631. The molecule has 0 saturated carbocycles. The Morgan fingerprint density at radius 3 is 2.67 bits per heavy atom. The summed E-state index contributed by atoms with van der Waals surface area (Å²) in [4.78, 5) is 37.3. The smallest absolute Gasteiger partial charge is 0.340 e. The average molecular weight is 343 g/mol. The first-order chi connectivity index (χ1) is 11.2. The van der Waals surface area contributed by atoms with Gasteiger partial charge < -0.3 is 10.2 Å². The molecule has 1 N–H and O–H groups in total. The molecule has 1 heterocycles. The Morgan fingerprint density at radius 2 is 2.04 bits per heavy atom. The van der Waals surface area contributed by atoms with Gasteiger partial charge in [-0.2, -0.15) is 13.2 Å². The van der Waals surface area contributed by atoms with Crippen LogP contribution in [0.3, 0.4) is 0 Å². The number of imide groups is 1. The zero-order valence-electron chi connectivity index (χ0n) is 12.9. The van der Waals surface area contributed by atoms with Crippen molar-refractivity contribution in [2.24, 2.45) is 0 Å². The summed E-state index contributed by atoms with van der Waals surface area (Å²) in [5, 5.41) is 2.45. The molecular weight excluding hydrogens is 327 g/mol. The van der Waals surface area contributed by atoms with Crippen LogP contribution in [0.1, 0.15) is 17.5 Å². The summed E-state index contributed by atoms with van der Waals surface area (Å²) in [6.45, 7) is -0.283. The molecule has 0 atom stereocenters. The summed E-state index contributed by atoms with van der Waals surface area (Å²) in [6, 6.07) is 3.99. The van der Waals surface area contributed by atoms with Crippen molar-refractivity contribution in [3.63, 3.8) is 0 Å². The SMILES string of the molecule is CN(Cc1cccc(C(F)(F)F)c1)C(=O)CN1C(=O)CCNC1=O. The maximum Gasteiger partial charge on any atom is 0.416 e. The third-order valence-electron chi connectivity index (χ3n) is 3.55. The van der Waals surface area contributed by atoms with Crippen molar-refractivity contribution in [1.29, 1.82) is 0 Å². The average Bonchev–Trinajstić information content (AvgIpc) is 2.50. The van der Waals surface area contributed by atoms with Crippen molar-refractivity contribution >= 4 is 17.8 Å². The second-order valence-electron chi connectivity index (χ2n) is 5.41. The van der Waals surface area contributed by atoms with Gasteiger partial charge in [0, 0.05) is 26.6 Å². The Morgan fingerprint density at radius 1 is 1.33 bits per heavy atom. The molecule has 130 valence electrons. The van der Waals surface area contributed by atoms with Crippen LogP contribution in [0.4, 0.5) is 18.0 Å². The van der Waals surface area contributed by atoms with Crippen molar-refractivity contribution in [2.45, 2.75) is 19.1 Å². The predicted molar refractivity (Wildman–Crippen MR) is 77.6 cm³/mol. The van der Waals surface area contributed by atoms with E-state index in [2.05, 4.69) is 5.32 Å². The topological polar surface area (TPSA) is 69.7 Å². The van der Waals surface area contributed by atoms with Gasteiger partial charge in [-0.05, 0) is 17.7 Å². The van der Waals surface area contributed by atoms with Crippen LogP contribution in [-0.2, 0) is 22.3 Å². The minimum atomic E-state index is -4.46. The van der Waals surface area contributed by atoms with Crippen LogP contribution in [-0.4, -0.2) is 47.8 Å². The van der Waals surface area contributed by atoms with Crippen LogP contribution in [0.25, 0.3) is 0 Å². The number of hydrogen-bond donors (Lipinski definition) is 1. The third kappa shape index (κ3) is 4.24. The molecular formula is C15H16F3N3O3. The second kappa shape index (κ2) is 6.90. The van der Waals surface area contributed by atoms with Gasteiger partial charge in [0.05, 0.1) is 5.56 Å². The molecule has 0 aromatic heterocycles. The zero-order valence-corrected chi connectivity index (χ0v) is 12.9. The number of rotatable bonds is 4. The lowest BCUT2D eigenvalue weighted by molar-refractivity contribution is -0.138. The molecule has 0 aliphatic carbocycles. The molecule has 0 spiro atoms. The first kappa shape index (κ1) is 17.8. The van der Waals surface area contributed by atoms with Gasteiger partial charge in [-0.3, -0.25) is 14.5 Å². The number of nitrogens with one attached hydrogen (secondary N) is 1. The predicted octanol–water partition coefficient (Wildman–Crippen LogP) is 1.61. The number of hydrogen-bond acceptors (Lipinski definition) is 3. The summed E-state index contributed by atoms with van der Waals surface area (Å²) in [7, 11) is 1.40. The van der Waals surface area contributed by atoms with Crippen LogP contribution >= 0.6 is 0 Å². The Labute approximate surface area is 136 Å². The van der Waals surface area contributed by atoms with E-state index in [0.29, 0.717) is 5.56 Å². The van der Waals surface area contributed by atoms with Gasteiger partial charge in [0.25, 0.3) is 0 Å². The summed E-state index contributed by atoms with van der Waals surface area (Å²) in [5.74, 6) is -1.00. The van der Waals surface area contributed by atoms with Crippen LogP contribution in [0.2, 0.25) is 0 Å². The van der Waals surface area contributed by atoms with Crippen LogP contribution in [0, 0.1) is 0 Å². The van der Waals surface area contributed by atoms with E-state index in [0.717, 1.165) is 17.0 Å². The number of alkyl halides is 3. The monoisotopic (exact) mass is 343 g/mol. The lowest BCUT2D eigenvalue weighted by Crippen LogP contribution is -2.53. The molecule has 1 aromatic rings. The fraction of sp³-hybridized carbons (Fsp3) is 0.400. The highest BCUT2D eigenvalue weighted by Crippen LogP contribution is 2.29. The molecule has 0 radical (unpaired) electrons. The van der Waals surface area contributed by atoms with E-state index >= 15 is 0 Å². The lowest BCUT2D eigenvalue weighted by atomic mass is 10.1. The minimum Gasteiger partial charge on any atom is -0.340 e. The van der Waals surface area contributed by atoms with E-state index < -0.39 is 36.1 Å². The highest BCUT2D eigenvalue weighted by atomic mass is 19.4. The number of halogens is 3. The molecule has 4 amide bonds. The van der Waals surface area contributed by atoms with E-state index in [-0.39, 0.29) is 19.5 Å². The lowest BCUT2D eigenvalue weighted by Gasteiger charge is -2.27. The maximum absolute atomic E-state index is 12.7. The normalized spacial score (nSPS) is 15.2. The van der Waals surface area contributed by atoms with Crippen molar-refractivity contribution in [3.05, 3.63) is 35.4 Å². The number of likely N-dealkylation sites (N-methyl/N-ethyl adjacent to an activating group) is 1. The van der Waals surface area contributed by atoms with E-state index in [4.69, 9.17) is 0 Å². The zero-order chi connectivity index (χ0) is 17.9. The third-order valence-corrected chi connectivity index (χ3v) is 3.55. The molecule has 1 aromatic carbocycles. The highest BCUT2D eigenvalue weighted by molar-refractivity contribution is 6.00. The first-order valence-electron chi connectivity index (χ1n) is 7.17. The Bertz CT molecular complexity index is 645. The molecule has 9 heteroatoms. The van der Waals surface area contributed by atoms with Crippen LogP contribution in [0.15, 0.2) is 24.3 Å². The van der Waals surface area contributed by atoms with Gasteiger partial charge in [-0.15, -0.1) is 0 Å². The van der Waals surface area contributed by atoms with Gasteiger partial charge in [-0.1, -0.05) is 12.1 Å². The summed E-state index contributed by atoms with van der Waals surface area (Å²) in [5.41, 5.74) is -0.499. The van der Waals surface area contributed by atoms with Gasteiger partial charge in [0.1, 0.15) is 6.54 Å². The van der Waals surface area contributed by atoms with Gasteiger partial charge >= 0.3 is 12.2 Å². The van der Waals surface area contributed by atoms with Crippen LogP contribution < -0.4 is 5.32 Å². The van der Waals surface area contributed by atoms with Gasteiger partial charge in [0.2, 0.25) is 11.8 Å². The van der Waals surface area contributed by atoms with Crippen molar-refractivity contribution in [2.75, 3.05) is 20.1 Å². The number of benzene rings is 1. The van der Waals surface area contributed by atoms with Crippen LogP contribution in [0.5, 0.6) is 0 Å². The second-order valence-corrected chi connectivity index (χ2v) is 5.41. The fourth-order valence-corrected chi connectivity index (χ4v) is 2.24. The first-order valence-corrected chi connectivity index (χ1v) is 7.17. The van der Waals surface area contributed by atoms with E-state index in [1.165, 1.54) is 24.1 Å². The fourth-order valence-electron chi connectivity index (χ4n) is 2.24. The summed E-state index contributed by atoms with van der Waals surface area (Å²) >= 11 is 0. The standard InChI is InChI=1S/C15H16F3N3O3/c1-20(8-10-3-2-4-11(7-10)15(16,17)18)13(23)9-21-12(22)5-6-19-14(21)24/h2-4,7H,5-6,8-9H2,1H3,(H,19,24). The summed E-state index contributed by atoms with van der Waals surface area (Å²) < 4.78 is 38.1. The quantitative estimate of drug-likeness (QED) is 0.903. The molecule has 0 bridgehead atoms. The molecule has 1 aliphatic heterocycles. The van der Waals surface area contributed by atoms with E-state index in [9.17, 15) is 27.6 Å². The van der Waals surface area contributed by atoms with E-state index in [1.54, 1.807) is 0 Å². The Hall–Kier alpha value is -2.58. The molecule has 1 saturated heterocycles. The molecule has 1 aliphatic rings. The number of carbonyl (C=O) groups excluding carboxylic acids is 3. The van der Waals surface area contributed by atoms with Gasteiger partial charge in [0.15, 0.2) is 0 Å².